The zero-order chi connectivity index (χ0) is 20.4. The van der Waals surface area contributed by atoms with Crippen LogP contribution in [-0.4, -0.2) is 51.0 Å². The van der Waals surface area contributed by atoms with E-state index in [2.05, 4.69) is 20.5 Å². The van der Waals surface area contributed by atoms with Gasteiger partial charge in [0.15, 0.2) is 5.82 Å². The molecule has 1 aromatic heterocycles. The fourth-order valence-electron chi connectivity index (χ4n) is 3.71. The lowest BCUT2D eigenvalue weighted by atomic mass is 10.0. The van der Waals surface area contributed by atoms with Gasteiger partial charge in [0.2, 0.25) is 0 Å². The first-order valence-corrected chi connectivity index (χ1v) is 9.62. The van der Waals surface area contributed by atoms with Crippen LogP contribution in [0.5, 0.6) is 0 Å². The minimum absolute atomic E-state index is 0.0533. The third kappa shape index (κ3) is 4.03. The van der Waals surface area contributed by atoms with Crippen LogP contribution in [0.1, 0.15) is 43.8 Å². The molecule has 2 atom stereocenters. The summed E-state index contributed by atoms with van der Waals surface area (Å²) in [5.41, 5.74) is 2.26. The highest BCUT2D eigenvalue weighted by atomic mass is 16.2. The van der Waals surface area contributed by atoms with E-state index in [9.17, 15) is 9.59 Å². The summed E-state index contributed by atoms with van der Waals surface area (Å²) in [5.74, 6) is 0.915. The van der Waals surface area contributed by atoms with Crippen molar-refractivity contribution in [3.8, 4) is 0 Å². The molecule has 3 aromatic rings. The second-order valence-corrected chi connectivity index (χ2v) is 7.41. The van der Waals surface area contributed by atoms with Crippen LogP contribution in [0, 0.1) is 13.8 Å². The number of aryl methyl sites for hydroxylation is 2. The van der Waals surface area contributed by atoms with Gasteiger partial charge in [-0.3, -0.25) is 14.7 Å². The summed E-state index contributed by atoms with van der Waals surface area (Å²) in [6, 6.07) is 16.3. The number of likely N-dealkylation sites (tertiary alicyclic amines) is 1. The van der Waals surface area contributed by atoms with Gasteiger partial charge in [0.25, 0.3) is 11.8 Å². The van der Waals surface area contributed by atoms with Gasteiger partial charge in [0, 0.05) is 24.2 Å². The molecule has 148 valence electrons. The van der Waals surface area contributed by atoms with E-state index in [0.717, 1.165) is 5.56 Å². The molecule has 0 saturated carbocycles. The zero-order valence-corrected chi connectivity index (χ0v) is 16.4. The van der Waals surface area contributed by atoms with E-state index < -0.39 is 0 Å². The van der Waals surface area contributed by atoms with Crippen LogP contribution >= 0.6 is 0 Å². The lowest BCUT2D eigenvalue weighted by molar-refractivity contribution is 0.0782. The number of carbonyl (C=O) groups is 2. The first kappa shape index (κ1) is 18.9. The Hall–Kier alpha value is -3.48. The maximum atomic E-state index is 13.0. The molecule has 0 aliphatic carbocycles. The Balaban J connectivity index is 1.57. The van der Waals surface area contributed by atoms with Crippen LogP contribution in [0.25, 0.3) is 0 Å². The lowest BCUT2D eigenvalue weighted by Crippen LogP contribution is -2.40. The minimum Gasteiger partial charge on any atom is -0.347 e. The Labute approximate surface area is 169 Å². The molecule has 2 amide bonds. The van der Waals surface area contributed by atoms with E-state index in [0.29, 0.717) is 35.9 Å². The van der Waals surface area contributed by atoms with E-state index in [1.54, 1.807) is 17.0 Å². The molecule has 7 heteroatoms. The topological polar surface area (TPSA) is 91.0 Å². The number of benzene rings is 2. The van der Waals surface area contributed by atoms with Crippen molar-refractivity contribution in [2.75, 3.05) is 13.1 Å². The van der Waals surface area contributed by atoms with Crippen molar-refractivity contribution in [3.63, 3.8) is 0 Å². The molecule has 1 aliphatic heterocycles. The highest BCUT2D eigenvalue weighted by Crippen LogP contribution is 2.27. The normalized spacial score (nSPS) is 18.6. The first-order chi connectivity index (χ1) is 14.0. The van der Waals surface area contributed by atoms with Gasteiger partial charge in [-0.2, -0.15) is 5.10 Å². The predicted octanol–water partition coefficient (Wildman–Crippen LogP) is 2.46. The van der Waals surface area contributed by atoms with Crippen LogP contribution in [0.15, 0.2) is 54.6 Å². The molecule has 0 bridgehead atoms. The molecule has 1 aliphatic rings. The second-order valence-electron chi connectivity index (χ2n) is 7.41. The van der Waals surface area contributed by atoms with Crippen molar-refractivity contribution in [1.82, 2.24) is 25.4 Å². The number of hydrogen-bond donors (Lipinski definition) is 2. The monoisotopic (exact) mass is 389 g/mol. The molecule has 2 aromatic carbocycles. The summed E-state index contributed by atoms with van der Waals surface area (Å²) in [7, 11) is 0. The number of H-pyrrole nitrogens is 1. The van der Waals surface area contributed by atoms with Gasteiger partial charge in [0.1, 0.15) is 5.82 Å². The Morgan fingerprint density at radius 1 is 1.03 bits per heavy atom. The van der Waals surface area contributed by atoms with Gasteiger partial charge >= 0.3 is 0 Å². The van der Waals surface area contributed by atoms with E-state index in [-0.39, 0.29) is 23.8 Å². The van der Waals surface area contributed by atoms with Gasteiger partial charge in [-0.1, -0.05) is 35.9 Å². The minimum atomic E-state index is -0.272. The van der Waals surface area contributed by atoms with Crippen LogP contribution < -0.4 is 5.32 Å². The Kier molecular flexibility index (Phi) is 5.12. The number of hydrogen-bond acceptors (Lipinski definition) is 4. The van der Waals surface area contributed by atoms with Crippen LogP contribution in [0.4, 0.5) is 0 Å². The Bertz CT molecular complexity index is 1030. The van der Waals surface area contributed by atoms with Crippen molar-refractivity contribution in [3.05, 3.63) is 82.9 Å². The maximum Gasteiger partial charge on any atom is 0.253 e. The van der Waals surface area contributed by atoms with Crippen LogP contribution in [0.2, 0.25) is 0 Å². The number of aromatic amines is 1. The van der Waals surface area contributed by atoms with Gasteiger partial charge in [-0.15, -0.1) is 0 Å². The second kappa shape index (κ2) is 7.87. The standard InChI is InChI=1S/C22H23N5O2/c1-14-7-6-10-17(11-14)22(29)27-12-18(20-23-15(2)25-26-20)19(13-27)24-21(28)16-8-4-3-5-9-16/h3-11,18-19H,12-13H2,1-2H3,(H,24,28)(H,23,25,26)/t18-,19-/m1/s1. The van der Waals surface area contributed by atoms with Crippen molar-refractivity contribution >= 4 is 11.8 Å². The molecule has 2 N–H and O–H groups in total. The summed E-state index contributed by atoms with van der Waals surface area (Å²) < 4.78 is 0. The zero-order valence-electron chi connectivity index (χ0n) is 16.4. The predicted molar refractivity (Wildman–Crippen MR) is 109 cm³/mol. The molecule has 0 radical (unpaired) electrons. The summed E-state index contributed by atoms with van der Waals surface area (Å²) in [5, 5.41) is 10.2. The number of nitrogens with one attached hydrogen (secondary N) is 2. The average Bonchev–Trinajstić information content (AvgIpc) is 3.34. The molecule has 1 fully saturated rings. The highest BCUT2D eigenvalue weighted by Gasteiger charge is 2.39. The van der Waals surface area contributed by atoms with Gasteiger partial charge in [-0.25, -0.2) is 4.98 Å². The summed E-state index contributed by atoms with van der Waals surface area (Å²) in [4.78, 5) is 32.0. The molecule has 0 spiro atoms. The van der Waals surface area contributed by atoms with Crippen molar-refractivity contribution in [2.24, 2.45) is 0 Å². The third-order valence-electron chi connectivity index (χ3n) is 5.17. The van der Waals surface area contributed by atoms with Crippen molar-refractivity contribution in [2.45, 2.75) is 25.8 Å². The van der Waals surface area contributed by atoms with E-state index >= 15 is 0 Å². The Morgan fingerprint density at radius 3 is 2.48 bits per heavy atom. The molecule has 2 heterocycles. The van der Waals surface area contributed by atoms with Crippen molar-refractivity contribution in [1.29, 1.82) is 0 Å². The number of nitrogens with zero attached hydrogens (tertiary/aromatic N) is 3. The fourth-order valence-corrected chi connectivity index (χ4v) is 3.71. The Morgan fingerprint density at radius 2 is 1.79 bits per heavy atom. The van der Waals surface area contributed by atoms with Gasteiger partial charge < -0.3 is 10.2 Å². The molecule has 1 saturated heterocycles. The fraction of sp³-hybridized carbons (Fsp3) is 0.273. The molecule has 4 rings (SSSR count). The summed E-state index contributed by atoms with van der Waals surface area (Å²) >= 11 is 0. The number of rotatable bonds is 4. The first-order valence-electron chi connectivity index (χ1n) is 9.62. The highest BCUT2D eigenvalue weighted by molar-refractivity contribution is 5.96. The number of amides is 2. The number of aromatic nitrogens is 3. The quantitative estimate of drug-likeness (QED) is 0.717. The molecular weight excluding hydrogens is 366 g/mol. The largest absolute Gasteiger partial charge is 0.347 e. The van der Waals surface area contributed by atoms with E-state index in [1.807, 2.05) is 56.3 Å². The SMILES string of the molecule is Cc1cccc(C(=O)N2C[C@@H](NC(=O)c3ccccc3)[C@H](c3n[nH]c(C)n3)C2)c1. The summed E-state index contributed by atoms with van der Waals surface area (Å²) in [6.07, 6.45) is 0. The number of carbonyl (C=O) groups excluding carboxylic acids is 2. The van der Waals surface area contributed by atoms with E-state index in [1.165, 1.54) is 0 Å². The molecule has 7 nitrogen and oxygen atoms in total. The third-order valence-corrected chi connectivity index (χ3v) is 5.17. The smallest absolute Gasteiger partial charge is 0.253 e. The molecule has 29 heavy (non-hydrogen) atoms. The van der Waals surface area contributed by atoms with Gasteiger partial charge in [0.05, 0.1) is 12.0 Å². The van der Waals surface area contributed by atoms with E-state index in [4.69, 9.17) is 0 Å². The van der Waals surface area contributed by atoms with Crippen LogP contribution in [0.3, 0.4) is 0 Å². The van der Waals surface area contributed by atoms with Crippen molar-refractivity contribution < 1.29 is 9.59 Å². The molecular formula is C22H23N5O2. The molecule has 0 unspecified atom stereocenters. The van der Waals surface area contributed by atoms with Crippen LogP contribution in [-0.2, 0) is 0 Å². The average molecular weight is 389 g/mol. The lowest BCUT2D eigenvalue weighted by Gasteiger charge is -2.18. The summed E-state index contributed by atoms with van der Waals surface area (Å²) in [6.45, 7) is 4.65. The van der Waals surface area contributed by atoms with Gasteiger partial charge in [-0.05, 0) is 38.1 Å². The maximum absolute atomic E-state index is 13.0.